The van der Waals surface area contributed by atoms with E-state index in [0.717, 1.165) is 54.9 Å². The zero-order chi connectivity index (χ0) is 21.1. The number of hydrogen-bond donors (Lipinski definition) is 1. The Kier molecular flexibility index (Phi) is 6.00. The van der Waals surface area contributed by atoms with Crippen LogP contribution in [-0.4, -0.2) is 35.8 Å². The highest BCUT2D eigenvalue weighted by atomic mass is 16.5. The van der Waals surface area contributed by atoms with Crippen molar-refractivity contribution in [2.24, 2.45) is 0 Å². The Bertz CT molecular complexity index is 961. The minimum absolute atomic E-state index is 0.0897. The number of hydrogen-bond acceptors (Lipinski definition) is 4. The molecule has 30 heavy (non-hydrogen) atoms. The molecule has 4 rings (SSSR count). The fraction of sp³-hybridized carbons (Fsp3) is 0.360. The largest absolute Gasteiger partial charge is 0.376 e. The molecule has 5 heteroatoms. The predicted molar refractivity (Wildman–Crippen MR) is 116 cm³/mol. The van der Waals surface area contributed by atoms with Crippen molar-refractivity contribution in [3.63, 3.8) is 0 Å². The first kappa shape index (κ1) is 20.4. The van der Waals surface area contributed by atoms with Crippen molar-refractivity contribution in [1.29, 1.82) is 0 Å². The first-order valence-electron chi connectivity index (χ1n) is 10.6. The van der Waals surface area contributed by atoms with Gasteiger partial charge in [-0.1, -0.05) is 54.6 Å². The standard InChI is InChI=1S/C25H28N2O3/c1-17-23(25(29)26-24(18(2)28)19-9-4-3-5-10-19)22-13-7-6-11-20(22)15-27(17)16-21-12-8-14-30-21/h3-7,9-11,13,21,24H,8,12,14-16H2,1-2H3,(H,26,29)/t21?,24-/m1/s1. The van der Waals surface area contributed by atoms with E-state index in [1.54, 1.807) is 0 Å². The summed E-state index contributed by atoms with van der Waals surface area (Å²) < 4.78 is 5.83. The number of allylic oxidation sites excluding steroid dienone is 1. The average Bonchev–Trinajstić information content (AvgIpc) is 3.26. The zero-order valence-corrected chi connectivity index (χ0v) is 17.6. The van der Waals surface area contributed by atoms with Gasteiger partial charge in [0.15, 0.2) is 5.78 Å². The van der Waals surface area contributed by atoms with Gasteiger partial charge in [-0.15, -0.1) is 0 Å². The summed E-state index contributed by atoms with van der Waals surface area (Å²) in [6.45, 7) is 5.84. The topological polar surface area (TPSA) is 58.6 Å². The third kappa shape index (κ3) is 4.17. The first-order chi connectivity index (χ1) is 14.5. The van der Waals surface area contributed by atoms with Crippen LogP contribution in [0.2, 0.25) is 0 Å². The summed E-state index contributed by atoms with van der Waals surface area (Å²) in [6.07, 6.45) is 2.33. The number of nitrogens with zero attached hydrogens (tertiary/aromatic N) is 1. The molecule has 156 valence electrons. The molecule has 0 spiro atoms. The number of Topliss-reactive ketones (excluding diaryl/α,β-unsaturated/α-hetero) is 1. The zero-order valence-electron chi connectivity index (χ0n) is 17.6. The van der Waals surface area contributed by atoms with Gasteiger partial charge in [-0.2, -0.15) is 0 Å². The minimum Gasteiger partial charge on any atom is -0.376 e. The van der Waals surface area contributed by atoms with Gasteiger partial charge in [0.05, 0.1) is 11.7 Å². The van der Waals surface area contributed by atoms with E-state index in [0.29, 0.717) is 5.57 Å². The number of nitrogens with one attached hydrogen (secondary N) is 1. The molecule has 1 saturated heterocycles. The fourth-order valence-corrected chi connectivity index (χ4v) is 4.37. The molecule has 2 aliphatic rings. The Balaban J connectivity index is 1.66. The quantitative estimate of drug-likeness (QED) is 0.794. The molecule has 1 fully saturated rings. The van der Waals surface area contributed by atoms with Crippen molar-refractivity contribution in [3.05, 3.63) is 77.0 Å². The average molecular weight is 405 g/mol. The Morgan fingerprint density at radius 1 is 1.13 bits per heavy atom. The van der Waals surface area contributed by atoms with Crippen molar-refractivity contribution in [1.82, 2.24) is 10.2 Å². The van der Waals surface area contributed by atoms with Crippen molar-refractivity contribution in [2.45, 2.75) is 45.4 Å². The number of rotatable bonds is 6. The maximum atomic E-state index is 13.5. The van der Waals surface area contributed by atoms with Crippen LogP contribution >= 0.6 is 0 Å². The van der Waals surface area contributed by atoms with E-state index in [2.05, 4.69) is 16.3 Å². The molecule has 2 heterocycles. The van der Waals surface area contributed by atoms with Crippen LogP contribution in [0.15, 0.2) is 60.3 Å². The molecule has 5 nitrogen and oxygen atoms in total. The van der Waals surface area contributed by atoms with Crippen molar-refractivity contribution in [2.75, 3.05) is 13.2 Å². The van der Waals surface area contributed by atoms with Gasteiger partial charge in [-0.3, -0.25) is 9.59 Å². The van der Waals surface area contributed by atoms with Crippen LogP contribution in [0.3, 0.4) is 0 Å². The Labute approximate surface area is 177 Å². The Morgan fingerprint density at radius 3 is 2.57 bits per heavy atom. The van der Waals surface area contributed by atoms with Crippen LogP contribution in [0.25, 0.3) is 5.57 Å². The Hall–Kier alpha value is -2.92. The first-order valence-corrected chi connectivity index (χ1v) is 10.6. The number of amides is 1. The molecule has 1 unspecified atom stereocenters. The van der Waals surface area contributed by atoms with Gasteiger partial charge >= 0.3 is 0 Å². The van der Waals surface area contributed by atoms with Gasteiger partial charge in [0.2, 0.25) is 0 Å². The van der Waals surface area contributed by atoms with Crippen LogP contribution in [0.4, 0.5) is 0 Å². The lowest BCUT2D eigenvalue weighted by Crippen LogP contribution is -2.38. The smallest absolute Gasteiger partial charge is 0.254 e. The number of benzene rings is 2. The summed E-state index contributed by atoms with van der Waals surface area (Å²) in [5.74, 6) is -0.311. The molecule has 2 aliphatic heterocycles. The van der Waals surface area contributed by atoms with E-state index >= 15 is 0 Å². The molecule has 0 aromatic heterocycles. The second kappa shape index (κ2) is 8.84. The maximum Gasteiger partial charge on any atom is 0.254 e. The molecule has 0 aliphatic carbocycles. The summed E-state index contributed by atoms with van der Waals surface area (Å²) >= 11 is 0. The Morgan fingerprint density at radius 2 is 1.87 bits per heavy atom. The van der Waals surface area contributed by atoms with Crippen LogP contribution in [0, 0.1) is 0 Å². The highest BCUT2D eigenvalue weighted by molar-refractivity contribution is 6.21. The lowest BCUT2D eigenvalue weighted by atomic mass is 9.92. The third-order valence-corrected chi connectivity index (χ3v) is 5.97. The predicted octanol–water partition coefficient (Wildman–Crippen LogP) is 3.86. The highest BCUT2D eigenvalue weighted by Gasteiger charge is 2.30. The lowest BCUT2D eigenvalue weighted by Gasteiger charge is -2.35. The number of ether oxygens (including phenoxy) is 1. The van der Waals surface area contributed by atoms with E-state index in [1.165, 1.54) is 6.92 Å². The molecule has 2 aromatic rings. The van der Waals surface area contributed by atoms with Gasteiger partial charge in [0.25, 0.3) is 5.91 Å². The van der Waals surface area contributed by atoms with Crippen LogP contribution < -0.4 is 5.32 Å². The molecule has 2 aromatic carbocycles. The maximum absolute atomic E-state index is 13.5. The fourth-order valence-electron chi connectivity index (χ4n) is 4.37. The molecule has 1 amide bonds. The second-order valence-electron chi connectivity index (χ2n) is 8.06. The molecular weight excluding hydrogens is 376 g/mol. The number of carbonyl (C=O) groups is 2. The van der Waals surface area contributed by atoms with Gasteiger partial charge in [0.1, 0.15) is 6.04 Å². The molecule has 1 N–H and O–H groups in total. The van der Waals surface area contributed by atoms with Crippen LogP contribution in [0.1, 0.15) is 49.4 Å². The number of carbonyl (C=O) groups excluding carboxylic acids is 2. The normalized spacial score (nSPS) is 19.4. The van der Waals surface area contributed by atoms with Crippen molar-refractivity contribution in [3.8, 4) is 0 Å². The summed E-state index contributed by atoms with van der Waals surface area (Å²) in [7, 11) is 0. The number of ketones is 1. The molecule has 2 atom stereocenters. The van der Waals surface area contributed by atoms with Gasteiger partial charge in [0, 0.05) is 25.4 Å². The van der Waals surface area contributed by atoms with Crippen molar-refractivity contribution >= 4 is 17.3 Å². The van der Waals surface area contributed by atoms with Gasteiger partial charge in [-0.25, -0.2) is 0 Å². The van der Waals surface area contributed by atoms with Gasteiger partial charge < -0.3 is 15.0 Å². The summed E-state index contributed by atoms with van der Waals surface area (Å²) in [5, 5.41) is 2.98. The third-order valence-electron chi connectivity index (χ3n) is 5.97. The molecular formula is C25H28N2O3. The molecule has 0 bridgehead atoms. The minimum atomic E-state index is -0.667. The summed E-state index contributed by atoms with van der Waals surface area (Å²) in [4.78, 5) is 28.0. The van der Waals surface area contributed by atoms with Crippen LogP contribution in [-0.2, 0) is 20.9 Å². The SMILES string of the molecule is CC(=O)[C@@H](NC(=O)C1=C(C)N(CC2CCCO2)Cc2ccccc21)c1ccccc1. The lowest BCUT2D eigenvalue weighted by molar-refractivity contribution is -0.124. The number of fused-ring (bicyclic) bond motifs is 1. The molecule has 0 radical (unpaired) electrons. The van der Waals surface area contributed by atoms with Gasteiger partial charge in [-0.05, 0) is 43.4 Å². The summed E-state index contributed by atoms with van der Waals surface area (Å²) in [6, 6.07) is 16.7. The second-order valence-corrected chi connectivity index (χ2v) is 8.06. The molecule has 0 saturated carbocycles. The van der Waals surface area contributed by atoms with E-state index < -0.39 is 6.04 Å². The van der Waals surface area contributed by atoms with E-state index in [9.17, 15) is 9.59 Å². The van der Waals surface area contributed by atoms with E-state index in [4.69, 9.17) is 4.74 Å². The highest BCUT2D eigenvalue weighted by Crippen LogP contribution is 2.33. The van der Waals surface area contributed by atoms with E-state index in [1.807, 2.05) is 55.5 Å². The summed E-state index contributed by atoms with van der Waals surface area (Å²) in [5.41, 5.74) is 4.41. The van der Waals surface area contributed by atoms with Crippen molar-refractivity contribution < 1.29 is 14.3 Å². The monoisotopic (exact) mass is 404 g/mol. The van der Waals surface area contributed by atoms with Crippen LogP contribution in [0.5, 0.6) is 0 Å². The van der Waals surface area contributed by atoms with E-state index in [-0.39, 0.29) is 17.8 Å².